The second-order valence-electron chi connectivity index (χ2n) is 9.12. The summed E-state index contributed by atoms with van der Waals surface area (Å²) in [4.78, 5) is 28.6. The number of carbonyl (C=O) groups is 2. The van der Waals surface area contributed by atoms with E-state index >= 15 is 0 Å². The Hall–Kier alpha value is -4.46. The van der Waals surface area contributed by atoms with E-state index in [1.165, 1.54) is 18.3 Å². The molecule has 38 heavy (non-hydrogen) atoms. The summed E-state index contributed by atoms with van der Waals surface area (Å²) >= 11 is 0. The van der Waals surface area contributed by atoms with E-state index in [-0.39, 0.29) is 17.9 Å². The molecule has 0 aliphatic carbocycles. The van der Waals surface area contributed by atoms with Crippen LogP contribution >= 0.6 is 0 Å². The van der Waals surface area contributed by atoms with Crippen LogP contribution in [-0.4, -0.2) is 35.4 Å². The second kappa shape index (κ2) is 10.9. The molecule has 0 saturated carbocycles. The quantitative estimate of drug-likeness (QED) is 0.183. The molecular formula is C30H29NO7. The van der Waals surface area contributed by atoms with Gasteiger partial charge in [-0.3, -0.25) is 9.59 Å². The predicted molar refractivity (Wildman–Crippen MR) is 140 cm³/mol. The van der Waals surface area contributed by atoms with Crippen molar-refractivity contribution in [2.24, 2.45) is 0 Å². The summed E-state index contributed by atoms with van der Waals surface area (Å²) in [5.41, 5.74) is 0.968. The molecule has 0 spiro atoms. The fraction of sp³-hybridized carbons (Fsp3) is 0.267. The Bertz CT molecular complexity index is 1480. The van der Waals surface area contributed by atoms with Crippen molar-refractivity contribution < 1.29 is 33.0 Å². The van der Waals surface area contributed by atoms with Crippen molar-refractivity contribution in [1.29, 1.82) is 0 Å². The lowest BCUT2D eigenvalue weighted by Gasteiger charge is -2.26. The summed E-state index contributed by atoms with van der Waals surface area (Å²) in [6, 6.07) is 16.7. The summed E-state index contributed by atoms with van der Waals surface area (Å²) in [6.07, 6.45) is 4.58. The number of amides is 1. The fourth-order valence-electron chi connectivity index (χ4n) is 4.72. The van der Waals surface area contributed by atoms with Gasteiger partial charge >= 0.3 is 0 Å². The van der Waals surface area contributed by atoms with Gasteiger partial charge in [-0.1, -0.05) is 44.0 Å². The average Bonchev–Trinajstić information content (AvgIpc) is 3.66. The minimum atomic E-state index is -0.880. The maximum Gasteiger partial charge on any atom is 0.290 e. The molecule has 8 heteroatoms. The average molecular weight is 516 g/mol. The van der Waals surface area contributed by atoms with Crippen LogP contribution in [-0.2, 0) is 11.3 Å². The number of ether oxygens (including phenoxy) is 2. The Kier molecular flexibility index (Phi) is 7.22. The third kappa shape index (κ3) is 4.77. The van der Waals surface area contributed by atoms with Gasteiger partial charge in [0, 0.05) is 5.39 Å². The van der Waals surface area contributed by atoms with Gasteiger partial charge in [-0.05, 0) is 48.4 Å². The third-order valence-corrected chi connectivity index (χ3v) is 6.60. The highest BCUT2D eigenvalue weighted by atomic mass is 16.5. The number of hydrogen-bond acceptors (Lipinski definition) is 7. The SMILES string of the molecule is CCCCCOc1cccc(C2C(C(=O)c3cc4cccc(OC)c4o3)=C(O)C(=O)N2Cc2ccco2)c1. The minimum Gasteiger partial charge on any atom is -0.503 e. The zero-order valence-electron chi connectivity index (χ0n) is 21.3. The van der Waals surface area contributed by atoms with Crippen LogP contribution in [0.1, 0.15) is 54.1 Å². The van der Waals surface area contributed by atoms with E-state index < -0.39 is 23.5 Å². The van der Waals surface area contributed by atoms with Gasteiger partial charge in [0.2, 0.25) is 5.78 Å². The number of carbonyl (C=O) groups excluding carboxylic acids is 2. The van der Waals surface area contributed by atoms with Crippen LogP contribution in [0, 0.1) is 0 Å². The van der Waals surface area contributed by atoms with Gasteiger partial charge in [-0.25, -0.2) is 0 Å². The number of ketones is 1. The van der Waals surface area contributed by atoms with Gasteiger partial charge < -0.3 is 28.3 Å². The van der Waals surface area contributed by atoms with Crippen molar-refractivity contribution in [2.45, 2.75) is 38.8 Å². The molecule has 0 radical (unpaired) electrons. The maximum atomic E-state index is 13.8. The molecule has 4 aromatic rings. The smallest absolute Gasteiger partial charge is 0.290 e. The molecule has 1 unspecified atom stereocenters. The van der Waals surface area contributed by atoms with E-state index in [0.717, 1.165) is 19.3 Å². The molecule has 8 nitrogen and oxygen atoms in total. The first-order chi connectivity index (χ1) is 18.5. The number of aliphatic hydroxyl groups is 1. The number of methoxy groups -OCH3 is 1. The summed E-state index contributed by atoms with van der Waals surface area (Å²) in [7, 11) is 1.52. The van der Waals surface area contributed by atoms with E-state index in [9.17, 15) is 14.7 Å². The Morgan fingerprint density at radius 3 is 2.68 bits per heavy atom. The predicted octanol–water partition coefficient (Wildman–Crippen LogP) is 6.38. The molecule has 1 amide bonds. The van der Waals surface area contributed by atoms with Gasteiger partial charge in [0.1, 0.15) is 11.5 Å². The standard InChI is InChI=1S/C30H29NO7/c1-3-4-5-14-36-21-11-6-9-19(16-21)26-25(28(33)30(34)31(26)18-22-12-8-15-37-22)27(32)24-17-20-10-7-13-23(35-2)29(20)38-24/h6-13,15-17,26,33H,3-5,14,18H2,1-2H3. The summed E-state index contributed by atoms with van der Waals surface area (Å²) in [5, 5.41) is 11.7. The molecule has 3 heterocycles. The van der Waals surface area contributed by atoms with Gasteiger partial charge in [0.15, 0.2) is 22.9 Å². The monoisotopic (exact) mass is 515 g/mol. The molecule has 0 fully saturated rings. The number of Topliss-reactive ketones (excluding diaryl/α,β-unsaturated/α-hetero) is 1. The van der Waals surface area contributed by atoms with Crippen molar-refractivity contribution in [3.63, 3.8) is 0 Å². The Morgan fingerprint density at radius 1 is 1.08 bits per heavy atom. The molecule has 1 atom stereocenters. The lowest BCUT2D eigenvalue weighted by atomic mass is 9.94. The third-order valence-electron chi connectivity index (χ3n) is 6.60. The normalized spacial score (nSPS) is 15.5. The van der Waals surface area contributed by atoms with Gasteiger partial charge in [-0.2, -0.15) is 0 Å². The molecule has 2 aromatic heterocycles. The number of furan rings is 2. The zero-order chi connectivity index (χ0) is 26.6. The van der Waals surface area contributed by atoms with Crippen molar-refractivity contribution in [3.05, 3.63) is 95.3 Å². The van der Waals surface area contributed by atoms with E-state index in [0.29, 0.717) is 40.4 Å². The zero-order valence-corrected chi connectivity index (χ0v) is 21.3. The van der Waals surface area contributed by atoms with Crippen LogP contribution in [0.25, 0.3) is 11.0 Å². The topological polar surface area (TPSA) is 102 Å². The fourth-order valence-corrected chi connectivity index (χ4v) is 4.72. The van der Waals surface area contributed by atoms with E-state index in [2.05, 4.69) is 6.92 Å². The number of para-hydroxylation sites is 1. The second-order valence-corrected chi connectivity index (χ2v) is 9.12. The molecule has 1 aliphatic heterocycles. The molecule has 0 saturated heterocycles. The van der Waals surface area contributed by atoms with Gasteiger partial charge in [0.25, 0.3) is 5.91 Å². The Balaban J connectivity index is 1.54. The molecule has 0 bridgehead atoms. The molecular weight excluding hydrogens is 486 g/mol. The van der Waals surface area contributed by atoms with E-state index in [1.54, 1.807) is 48.5 Å². The highest BCUT2D eigenvalue weighted by molar-refractivity contribution is 6.16. The van der Waals surface area contributed by atoms with Crippen molar-refractivity contribution in [1.82, 2.24) is 4.90 Å². The number of nitrogens with zero attached hydrogens (tertiary/aromatic N) is 1. The summed E-state index contributed by atoms with van der Waals surface area (Å²) in [6.45, 7) is 2.75. The maximum absolute atomic E-state index is 13.8. The van der Waals surface area contributed by atoms with Crippen molar-refractivity contribution in [2.75, 3.05) is 13.7 Å². The van der Waals surface area contributed by atoms with Crippen LogP contribution in [0.3, 0.4) is 0 Å². The first-order valence-corrected chi connectivity index (χ1v) is 12.6. The van der Waals surface area contributed by atoms with Crippen LogP contribution < -0.4 is 9.47 Å². The first kappa shape index (κ1) is 25.2. The largest absolute Gasteiger partial charge is 0.503 e. The Morgan fingerprint density at radius 2 is 1.92 bits per heavy atom. The number of aliphatic hydroxyl groups excluding tert-OH is 1. The molecule has 196 valence electrons. The lowest BCUT2D eigenvalue weighted by molar-refractivity contribution is -0.130. The number of fused-ring (bicyclic) bond motifs is 1. The lowest BCUT2D eigenvalue weighted by Crippen LogP contribution is -2.30. The van der Waals surface area contributed by atoms with E-state index in [1.807, 2.05) is 12.1 Å². The van der Waals surface area contributed by atoms with Gasteiger partial charge in [-0.15, -0.1) is 0 Å². The number of benzene rings is 2. The molecule has 1 aliphatic rings. The highest BCUT2D eigenvalue weighted by Gasteiger charge is 2.45. The van der Waals surface area contributed by atoms with Crippen molar-refractivity contribution in [3.8, 4) is 11.5 Å². The van der Waals surface area contributed by atoms with Crippen LogP contribution in [0.15, 0.2) is 87.1 Å². The van der Waals surface area contributed by atoms with E-state index in [4.69, 9.17) is 18.3 Å². The molecule has 2 aromatic carbocycles. The minimum absolute atomic E-state index is 0.00401. The molecule has 5 rings (SSSR count). The van der Waals surface area contributed by atoms with Crippen LogP contribution in [0.5, 0.6) is 11.5 Å². The number of rotatable bonds is 11. The highest BCUT2D eigenvalue weighted by Crippen LogP contribution is 2.42. The molecule has 1 N–H and O–H groups in total. The number of hydrogen-bond donors (Lipinski definition) is 1. The van der Waals surface area contributed by atoms with Crippen molar-refractivity contribution >= 4 is 22.7 Å². The van der Waals surface area contributed by atoms with Crippen LogP contribution in [0.2, 0.25) is 0 Å². The summed E-state index contributed by atoms with van der Waals surface area (Å²) < 4.78 is 22.6. The number of unbranched alkanes of at least 4 members (excludes halogenated alkanes) is 2. The van der Waals surface area contributed by atoms with Crippen LogP contribution in [0.4, 0.5) is 0 Å². The Labute approximate surface area is 220 Å². The van der Waals surface area contributed by atoms with Gasteiger partial charge in [0.05, 0.1) is 38.1 Å². The first-order valence-electron chi connectivity index (χ1n) is 12.6. The summed E-state index contributed by atoms with van der Waals surface area (Å²) in [5.74, 6) is -0.260.